The molecule has 0 fully saturated rings. The first-order chi connectivity index (χ1) is 28.2. The molecule has 0 saturated carbocycles. The van der Waals surface area contributed by atoms with Gasteiger partial charge in [0.25, 0.3) is 0 Å². The van der Waals surface area contributed by atoms with E-state index in [1.165, 1.54) is 0 Å². The van der Waals surface area contributed by atoms with Crippen LogP contribution in [0.25, 0.3) is 122 Å². The van der Waals surface area contributed by atoms with Crippen LogP contribution < -0.4 is 0 Å². The Hall–Kier alpha value is -7.83. The van der Waals surface area contributed by atoms with E-state index >= 15 is 0 Å². The van der Waals surface area contributed by atoms with E-state index in [1.807, 2.05) is 97.1 Å². The van der Waals surface area contributed by atoms with E-state index in [4.69, 9.17) is 28.2 Å². The van der Waals surface area contributed by atoms with Gasteiger partial charge >= 0.3 is 0 Å². The molecule has 0 N–H and O–H groups in total. The maximum Gasteiger partial charge on any atom is 0.167 e. The third kappa shape index (κ3) is 5.01. The molecule has 12 rings (SSSR count). The Kier molecular flexibility index (Phi) is 6.83. The Morgan fingerprint density at radius 1 is 0.263 bits per heavy atom. The van der Waals surface area contributed by atoms with Crippen LogP contribution in [0.1, 0.15) is 0 Å². The highest BCUT2D eigenvalue weighted by Gasteiger charge is 2.21. The van der Waals surface area contributed by atoms with Gasteiger partial charge in [0.2, 0.25) is 0 Å². The Bertz CT molecular complexity index is 3470. The molecule has 0 aliphatic rings. The SMILES string of the molecule is c1ccc(-c2nc(-c3ccccc3)nc(-c3cccc4c3oc3cc(-c5cc(-c6cccc7c6oc6ccccc67)cc6c5oc5ccccc56)ccc34)n2)cc1. The summed E-state index contributed by atoms with van der Waals surface area (Å²) in [5, 5.41) is 6.27. The van der Waals surface area contributed by atoms with E-state index in [0.29, 0.717) is 23.1 Å². The molecule has 6 heteroatoms. The van der Waals surface area contributed by atoms with E-state index in [-0.39, 0.29) is 0 Å². The van der Waals surface area contributed by atoms with E-state index in [1.54, 1.807) is 0 Å². The molecular formula is C51H29N3O3. The van der Waals surface area contributed by atoms with Crippen molar-refractivity contribution in [2.75, 3.05) is 0 Å². The summed E-state index contributed by atoms with van der Waals surface area (Å²) in [6.45, 7) is 0. The maximum atomic E-state index is 6.82. The lowest BCUT2D eigenvalue weighted by atomic mass is 9.94. The standard InChI is InChI=1S/C51H29N3O3/c1-3-13-30(14-4-1)49-52-50(31-15-5-2-6-16-31)54-51(53-49)40-22-12-21-39-37-26-25-32(29-45(37)57-47(39)40)41-27-33(28-42-36-18-8-10-24-44(36)56-48(41)42)34-19-11-20-38-35-17-7-9-23-43(35)55-46(34)38/h1-29H. The van der Waals surface area contributed by atoms with E-state index in [0.717, 1.165) is 99.2 Å². The minimum Gasteiger partial charge on any atom is -0.455 e. The molecule has 0 radical (unpaired) electrons. The molecule has 4 aromatic heterocycles. The molecule has 0 aliphatic carbocycles. The normalized spacial score (nSPS) is 11.9. The number of hydrogen-bond acceptors (Lipinski definition) is 6. The van der Waals surface area contributed by atoms with Crippen molar-refractivity contribution in [3.8, 4) is 56.4 Å². The number of aromatic nitrogens is 3. The monoisotopic (exact) mass is 731 g/mol. The van der Waals surface area contributed by atoms with Gasteiger partial charge < -0.3 is 13.3 Å². The summed E-state index contributed by atoms with van der Waals surface area (Å²) in [6.07, 6.45) is 0. The first kappa shape index (κ1) is 31.5. The summed E-state index contributed by atoms with van der Waals surface area (Å²) in [6, 6.07) is 59.8. The maximum absolute atomic E-state index is 6.82. The zero-order valence-corrected chi connectivity index (χ0v) is 30.3. The summed E-state index contributed by atoms with van der Waals surface area (Å²) < 4.78 is 20.0. The number of benzene rings is 8. The lowest BCUT2D eigenvalue weighted by Crippen LogP contribution is -2.00. The van der Waals surface area contributed by atoms with Gasteiger partial charge in [-0.3, -0.25) is 0 Å². The van der Waals surface area contributed by atoms with Crippen molar-refractivity contribution >= 4 is 65.8 Å². The summed E-state index contributed by atoms with van der Waals surface area (Å²) in [5.41, 5.74) is 11.5. The summed E-state index contributed by atoms with van der Waals surface area (Å²) in [4.78, 5) is 14.9. The molecule has 8 aromatic carbocycles. The van der Waals surface area contributed by atoms with Crippen LogP contribution in [0, 0.1) is 0 Å². The van der Waals surface area contributed by atoms with Gasteiger partial charge in [-0.05, 0) is 53.6 Å². The molecule has 266 valence electrons. The largest absolute Gasteiger partial charge is 0.455 e. The van der Waals surface area contributed by atoms with Crippen LogP contribution in [0.2, 0.25) is 0 Å². The fraction of sp³-hybridized carbons (Fsp3) is 0. The molecule has 0 aliphatic heterocycles. The van der Waals surface area contributed by atoms with Crippen molar-refractivity contribution in [2.45, 2.75) is 0 Å². The second-order valence-electron chi connectivity index (χ2n) is 14.3. The Balaban J connectivity index is 1.06. The van der Waals surface area contributed by atoms with Crippen molar-refractivity contribution in [1.82, 2.24) is 15.0 Å². The van der Waals surface area contributed by atoms with Gasteiger partial charge in [0, 0.05) is 54.6 Å². The zero-order valence-electron chi connectivity index (χ0n) is 30.3. The predicted octanol–water partition coefficient (Wildman–Crippen LogP) is 13.9. The van der Waals surface area contributed by atoms with Crippen molar-refractivity contribution in [3.63, 3.8) is 0 Å². The molecule has 0 bridgehead atoms. The van der Waals surface area contributed by atoms with Crippen LogP contribution in [0.3, 0.4) is 0 Å². The van der Waals surface area contributed by atoms with Gasteiger partial charge in [0.1, 0.15) is 33.5 Å². The van der Waals surface area contributed by atoms with Gasteiger partial charge in [0.15, 0.2) is 17.5 Å². The van der Waals surface area contributed by atoms with Crippen LogP contribution in [0.4, 0.5) is 0 Å². The Morgan fingerprint density at radius 2 is 0.754 bits per heavy atom. The predicted molar refractivity (Wildman–Crippen MR) is 229 cm³/mol. The fourth-order valence-corrected chi connectivity index (χ4v) is 8.24. The molecule has 0 amide bonds. The van der Waals surface area contributed by atoms with E-state index < -0.39 is 0 Å². The molecule has 0 atom stereocenters. The summed E-state index contributed by atoms with van der Waals surface area (Å²) in [7, 11) is 0. The number of furan rings is 3. The van der Waals surface area contributed by atoms with Crippen molar-refractivity contribution in [1.29, 1.82) is 0 Å². The molecule has 0 saturated heterocycles. The molecule has 57 heavy (non-hydrogen) atoms. The fourth-order valence-electron chi connectivity index (χ4n) is 8.24. The third-order valence-corrected chi connectivity index (χ3v) is 10.9. The first-order valence-corrected chi connectivity index (χ1v) is 18.9. The number of nitrogens with zero attached hydrogens (tertiary/aromatic N) is 3. The lowest BCUT2D eigenvalue weighted by Gasteiger charge is -2.09. The highest BCUT2D eigenvalue weighted by atomic mass is 16.3. The molecule has 4 heterocycles. The van der Waals surface area contributed by atoms with Gasteiger partial charge in [-0.15, -0.1) is 0 Å². The average Bonchev–Trinajstić information content (AvgIpc) is 3.97. The second kappa shape index (κ2) is 12.3. The van der Waals surface area contributed by atoms with Gasteiger partial charge in [-0.1, -0.05) is 133 Å². The van der Waals surface area contributed by atoms with E-state index in [2.05, 4.69) is 78.9 Å². The van der Waals surface area contributed by atoms with Gasteiger partial charge in [0.05, 0.1) is 5.56 Å². The highest BCUT2D eigenvalue weighted by Crippen LogP contribution is 2.44. The zero-order chi connectivity index (χ0) is 37.5. The number of para-hydroxylation sites is 4. The van der Waals surface area contributed by atoms with Crippen LogP contribution >= 0.6 is 0 Å². The topological polar surface area (TPSA) is 78.1 Å². The second-order valence-corrected chi connectivity index (χ2v) is 14.3. The molecule has 0 spiro atoms. The quantitative estimate of drug-likeness (QED) is 0.175. The number of rotatable bonds is 5. The van der Waals surface area contributed by atoms with E-state index in [9.17, 15) is 0 Å². The van der Waals surface area contributed by atoms with Gasteiger partial charge in [-0.2, -0.15) is 0 Å². The van der Waals surface area contributed by atoms with Crippen LogP contribution in [0.5, 0.6) is 0 Å². The van der Waals surface area contributed by atoms with Crippen LogP contribution in [0.15, 0.2) is 189 Å². The molecule has 6 nitrogen and oxygen atoms in total. The van der Waals surface area contributed by atoms with Crippen LogP contribution in [-0.4, -0.2) is 15.0 Å². The minimum atomic E-state index is 0.545. The highest BCUT2D eigenvalue weighted by molar-refractivity contribution is 6.15. The Morgan fingerprint density at radius 3 is 1.42 bits per heavy atom. The Labute approximate surface area is 325 Å². The summed E-state index contributed by atoms with van der Waals surface area (Å²) >= 11 is 0. The smallest absolute Gasteiger partial charge is 0.167 e. The van der Waals surface area contributed by atoms with Crippen molar-refractivity contribution < 1.29 is 13.3 Å². The summed E-state index contributed by atoms with van der Waals surface area (Å²) in [5.74, 6) is 1.75. The molecule has 12 aromatic rings. The van der Waals surface area contributed by atoms with Crippen molar-refractivity contribution in [3.05, 3.63) is 176 Å². The molecule has 0 unspecified atom stereocenters. The minimum absolute atomic E-state index is 0.545. The number of hydrogen-bond donors (Lipinski definition) is 0. The van der Waals surface area contributed by atoms with Crippen molar-refractivity contribution in [2.24, 2.45) is 0 Å². The first-order valence-electron chi connectivity index (χ1n) is 18.9. The molecular weight excluding hydrogens is 703 g/mol. The van der Waals surface area contributed by atoms with Gasteiger partial charge in [-0.25, -0.2) is 15.0 Å². The van der Waals surface area contributed by atoms with Crippen LogP contribution in [-0.2, 0) is 0 Å². The lowest BCUT2D eigenvalue weighted by molar-refractivity contribution is 0.668. The average molecular weight is 732 g/mol. The number of fused-ring (bicyclic) bond motifs is 9. The third-order valence-electron chi connectivity index (χ3n) is 10.9.